The predicted octanol–water partition coefficient (Wildman–Crippen LogP) is 4.45. The van der Waals surface area contributed by atoms with Gasteiger partial charge in [0.15, 0.2) is 0 Å². The fraction of sp³-hybridized carbons (Fsp3) is 0.464. The molecule has 3 aliphatic rings. The minimum absolute atomic E-state index is 0.0200. The molecule has 0 aliphatic heterocycles. The third-order valence-electron chi connectivity index (χ3n) is 7.97. The van der Waals surface area contributed by atoms with Crippen molar-refractivity contribution in [3.63, 3.8) is 0 Å². The van der Waals surface area contributed by atoms with Gasteiger partial charge in [-0.2, -0.15) is 0 Å². The highest BCUT2D eigenvalue weighted by Crippen LogP contribution is 2.45. The van der Waals surface area contributed by atoms with Crippen molar-refractivity contribution in [1.82, 2.24) is 10.6 Å². The smallest absolute Gasteiger partial charge is 0.407 e. The Bertz CT molecular complexity index is 1070. The number of nitrogens with one attached hydrogen (secondary N) is 2. The lowest BCUT2D eigenvalue weighted by Gasteiger charge is -2.48. The number of carbonyl (C=O) groups is 3. The second-order valence-electron chi connectivity index (χ2n) is 10.0. The van der Waals surface area contributed by atoms with Crippen LogP contribution in [0.5, 0.6) is 0 Å². The Morgan fingerprint density at radius 1 is 0.971 bits per heavy atom. The van der Waals surface area contributed by atoms with Gasteiger partial charge < -0.3 is 20.5 Å². The van der Waals surface area contributed by atoms with Crippen molar-refractivity contribution in [2.24, 2.45) is 11.8 Å². The van der Waals surface area contributed by atoms with Gasteiger partial charge in [-0.25, -0.2) is 4.79 Å². The minimum Gasteiger partial charge on any atom is -0.481 e. The molecular formula is C28H32N2O5. The van der Waals surface area contributed by atoms with Crippen LogP contribution in [-0.4, -0.2) is 41.8 Å². The second-order valence-corrected chi connectivity index (χ2v) is 10.0. The van der Waals surface area contributed by atoms with Crippen molar-refractivity contribution >= 4 is 18.0 Å². The molecule has 7 heteroatoms. The maximum absolute atomic E-state index is 13.0. The number of carboxylic acid groups (broad SMARTS) is 1. The van der Waals surface area contributed by atoms with Crippen molar-refractivity contribution in [3.8, 4) is 11.1 Å². The molecule has 2 fully saturated rings. The van der Waals surface area contributed by atoms with E-state index in [-0.39, 0.29) is 37.3 Å². The normalized spacial score (nSPS) is 23.1. The van der Waals surface area contributed by atoms with E-state index in [1.165, 1.54) is 19.3 Å². The van der Waals surface area contributed by atoms with Gasteiger partial charge in [0.25, 0.3) is 0 Å². The molecule has 2 saturated carbocycles. The first-order valence-electron chi connectivity index (χ1n) is 12.6. The second kappa shape index (κ2) is 10.1. The molecule has 0 heterocycles. The molecule has 2 amide bonds. The first-order chi connectivity index (χ1) is 17.0. The Balaban J connectivity index is 1.21. The topological polar surface area (TPSA) is 105 Å². The average molecular weight is 477 g/mol. The van der Waals surface area contributed by atoms with Gasteiger partial charge in [-0.05, 0) is 53.4 Å². The zero-order chi connectivity index (χ0) is 24.4. The zero-order valence-electron chi connectivity index (χ0n) is 19.7. The molecule has 0 saturated heterocycles. The first-order valence-corrected chi connectivity index (χ1v) is 12.6. The Kier molecular flexibility index (Phi) is 6.75. The minimum atomic E-state index is -1.01. The van der Waals surface area contributed by atoms with Gasteiger partial charge in [-0.15, -0.1) is 0 Å². The summed E-state index contributed by atoms with van der Waals surface area (Å²) in [4.78, 5) is 36.8. The summed E-state index contributed by atoms with van der Waals surface area (Å²) in [5, 5.41) is 14.8. The fourth-order valence-electron chi connectivity index (χ4n) is 6.13. The molecule has 35 heavy (non-hydrogen) atoms. The predicted molar refractivity (Wildman–Crippen MR) is 131 cm³/mol. The molecule has 3 N–H and O–H groups in total. The van der Waals surface area contributed by atoms with Crippen molar-refractivity contribution in [2.45, 2.75) is 62.9 Å². The first kappa shape index (κ1) is 23.4. The van der Waals surface area contributed by atoms with Crippen LogP contribution >= 0.6 is 0 Å². The van der Waals surface area contributed by atoms with Crippen molar-refractivity contribution < 1.29 is 24.2 Å². The van der Waals surface area contributed by atoms with Crippen LogP contribution in [-0.2, 0) is 14.3 Å². The Morgan fingerprint density at radius 2 is 1.63 bits per heavy atom. The third kappa shape index (κ3) is 4.90. The van der Waals surface area contributed by atoms with Gasteiger partial charge in [-0.1, -0.05) is 67.8 Å². The molecule has 3 aliphatic carbocycles. The van der Waals surface area contributed by atoms with Crippen LogP contribution in [0.4, 0.5) is 4.79 Å². The van der Waals surface area contributed by atoms with E-state index in [1.807, 2.05) is 36.4 Å². The maximum Gasteiger partial charge on any atom is 0.407 e. The van der Waals surface area contributed by atoms with Gasteiger partial charge >= 0.3 is 12.1 Å². The summed E-state index contributed by atoms with van der Waals surface area (Å²) in [6.07, 6.45) is 4.85. The largest absolute Gasteiger partial charge is 0.481 e. The summed E-state index contributed by atoms with van der Waals surface area (Å²) in [7, 11) is 0. The van der Waals surface area contributed by atoms with E-state index in [2.05, 4.69) is 22.8 Å². The van der Waals surface area contributed by atoms with Crippen molar-refractivity contribution in [2.75, 3.05) is 6.61 Å². The molecule has 0 bridgehead atoms. The number of benzene rings is 2. The Hall–Kier alpha value is -3.35. The van der Waals surface area contributed by atoms with Crippen LogP contribution in [0.25, 0.3) is 11.1 Å². The number of alkyl carbamates (subject to hydrolysis) is 1. The molecule has 4 atom stereocenters. The standard InChI is InChI=1S/C28H32N2O5/c31-26(32)14-13-24(27(33)29-25-15-17-7-1-2-8-18(17)25)30-28(34)35-16-23-21-11-5-3-9-19(21)20-10-4-6-12-22(20)23/h3-6,9-12,17-18,23-25H,1-2,7-8,13-16H2,(H,29,33)(H,30,34)(H,31,32). The van der Waals surface area contributed by atoms with E-state index >= 15 is 0 Å². The number of ether oxygens (including phenoxy) is 1. The molecule has 0 radical (unpaired) electrons. The van der Waals surface area contributed by atoms with Crippen LogP contribution in [0.2, 0.25) is 0 Å². The Labute approximate surface area is 205 Å². The van der Waals surface area contributed by atoms with E-state index in [9.17, 15) is 14.4 Å². The summed E-state index contributed by atoms with van der Waals surface area (Å²) in [6.45, 7) is 0.138. The lowest BCUT2D eigenvalue weighted by Crippen LogP contribution is -2.57. The van der Waals surface area contributed by atoms with Crippen LogP contribution < -0.4 is 10.6 Å². The highest BCUT2D eigenvalue weighted by molar-refractivity contribution is 5.86. The lowest BCUT2D eigenvalue weighted by atomic mass is 9.62. The van der Waals surface area contributed by atoms with E-state index < -0.39 is 18.1 Å². The molecule has 184 valence electrons. The monoisotopic (exact) mass is 476 g/mol. The van der Waals surface area contributed by atoms with Gasteiger partial charge in [0.2, 0.25) is 5.91 Å². The van der Waals surface area contributed by atoms with Gasteiger partial charge in [0.05, 0.1) is 0 Å². The molecule has 5 rings (SSSR count). The molecule has 0 aromatic heterocycles. The van der Waals surface area contributed by atoms with E-state index in [0.29, 0.717) is 11.8 Å². The van der Waals surface area contributed by atoms with Crippen LogP contribution in [0.1, 0.15) is 62.0 Å². The zero-order valence-corrected chi connectivity index (χ0v) is 19.7. The lowest BCUT2D eigenvalue weighted by molar-refractivity contribution is -0.137. The van der Waals surface area contributed by atoms with E-state index in [4.69, 9.17) is 9.84 Å². The number of carboxylic acids is 1. The molecule has 7 nitrogen and oxygen atoms in total. The molecule has 0 spiro atoms. The van der Waals surface area contributed by atoms with E-state index in [1.54, 1.807) is 0 Å². The summed E-state index contributed by atoms with van der Waals surface area (Å²) < 4.78 is 5.58. The van der Waals surface area contributed by atoms with Gasteiger partial charge in [0.1, 0.15) is 12.6 Å². The highest BCUT2D eigenvalue weighted by atomic mass is 16.5. The van der Waals surface area contributed by atoms with Crippen molar-refractivity contribution in [3.05, 3.63) is 59.7 Å². The Morgan fingerprint density at radius 3 is 2.29 bits per heavy atom. The third-order valence-corrected chi connectivity index (χ3v) is 7.97. The van der Waals surface area contributed by atoms with Gasteiger partial charge in [0, 0.05) is 18.4 Å². The van der Waals surface area contributed by atoms with Crippen molar-refractivity contribution in [1.29, 1.82) is 0 Å². The van der Waals surface area contributed by atoms with Gasteiger partial charge in [-0.3, -0.25) is 9.59 Å². The number of hydrogen-bond donors (Lipinski definition) is 3. The summed E-state index contributed by atoms with van der Waals surface area (Å²) >= 11 is 0. The number of fused-ring (bicyclic) bond motifs is 4. The number of hydrogen-bond acceptors (Lipinski definition) is 4. The van der Waals surface area contributed by atoms with Crippen LogP contribution in [0.15, 0.2) is 48.5 Å². The van der Waals surface area contributed by atoms with Crippen LogP contribution in [0, 0.1) is 11.8 Å². The summed E-state index contributed by atoms with van der Waals surface area (Å²) in [5.74, 6) is -0.233. The summed E-state index contributed by atoms with van der Waals surface area (Å²) in [6, 6.07) is 15.3. The number of amides is 2. The number of aliphatic carboxylic acids is 1. The summed E-state index contributed by atoms with van der Waals surface area (Å²) in [5.41, 5.74) is 4.48. The number of rotatable bonds is 8. The highest BCUT2D eigenvalue weighted by Gasteiger charge is 2.43. The average Bonchev–Trinajstić information content (AvgIpc) is 3.17. The molecule has 2 aromatic rings. The number of carbonyl (C=O) groups excluding carboxylic acids is 2. The van der Waals surface area contributed by atoms with E-state index in [0.717, 1.165) is 35.1 Å². The van der Waals surface area contributed by atoms with Crippen LogP contribution in [0.3, 0.4) is 0 Å². The fourth-order valence-corrected chi connectivity index (χ4v) is 6.13. The maximum atomic E-state index is 13.0. The molecular weight excluding hydrogens is 444 g/mol. The molecule has 2 aromatic carbocycles. The quantitative estimate of drug-likeness (QED) is 0.522. The molecule has 4 unspecified atom stereocenters. The SMILES string of the molecule is O=C(O)CCC(NC(=O)OCC1c2ccccc2-c2ccccc21)C(=O)NC1CC2CCCCC21.